The highest BCUT2D eigenvalue weighted by atomic mass is 32.2. The van der Waals surface area contributed by atoms with Crippen LogP contribution in [-0.4, -0.2) is 69.8 Å². The first-order valence-electron chi connectivity index (χ1n) is 12.2. The van der Waals surface area contributed by atoms with E-state index in [2.05, 4.69) is 5.32 Å². The van der Waals surface area contributed by atoms with E-state index < -0.39 is 28.5 Å². The number of hydrogen-bond donors (Lipinski definition) is 1. The van der Waals surface area contributed by atoms with Crippen molar-refractivity contribution in [2.24, 2.45) is 0 Å². The van der Waals surface area contributed by atoms with E-state index in [-0.39, 0.29) is 29.9 Å². The fourth-order valence-electron chi connectivity index (χ4n) is 3.86. The molecule has 37 heavy (non-hydrogen) atoms. The van der Waals surface area contributed by atoms with E-state index in [1.54, 1.807) is 50.4 Å². The van der Waals surface area contributed by atoms with Gasteiger partial charge in [-0.25, -0.2) is 8.42 Å². The van der Waals surface area contributed by atoms with Crippen LogP contribution in [0.2, 0.25) is 0 Å². The van der Waals surface area contributed by atoms with Gasteiger partial charge in [0.1, 0.15) is 31.5 Å². The number of benzene rings is 2. The molecule has 1 aliphatic heterocycles. The predicted octanol–water partition coefficient (Wildman–Crippen LogP) is 2.56. The first-order chi connectivity index (χ1) is 17.6. The van der Waals surface area contributed by atoms with Gasteiger partial charge in [0.05, 0.1) is 18.6 Å². The Kier molecular flexibility index (Phi) is 9.25. The number of sulfonamides is 1. The van der Waals surface area contributed by atoms with Crippen LogP contribution in [0.25, 0.3) is 0 Å². The highest BCUT2D eigenvalue weighted by molar-refractivity contribution is 7.92. The van der Waals surface area contributed by atoms with E-state index in [4.69, 9.17) is 14.2 Å². The lowest BCUT2D eigenvalue weighted by Crippen LogP contribution is -2.52. The molecule has 0 bridgehead atoms. The molecule has 0 unspecified atom stereocenters. The zero-order chi connectivity index (χ0) is 27.2. The molecule has 0 saturated heterocycles. The van der Waals surface area contributed by atoms with Crippen LogP contribution in [0.3, 0.4) is 0 Å². The van der Waals surface area contributed by atoms with Crippen molar-refractivity contribution in [3.05, 3.63) is 48.0 Å². The maximum absolute atomic E-state index is 13.7. The lowest BCUT2D eigenvalue weighted by molar-refractivity contribution is -0.139. The van der Waals surface area contributed by atoms with Crippen molar-refractivity contribution in [1.82, 2.24) is 10.2 Å². The van der Waals surface area contributed by atoms with Gasteiger partial charge in [0.15, 0.2) is 11.5 Å². The Labute approximate surface area is 218 Å². The largest absolute Gasteiger partial charge is 0.497 e. The van der Waals surface area contributed by atoms with Crippen LogP contribution in [0.1, 0.15) is 33.3 Å². The predicted molar refractivity (Wildman–Crippen MR) is 141 cm³/mol. The van der Waals surface area contributed by atoms with E-state index in [1.165, 1.54) is 11.8 Å². The van der Waals surface area contributed by atoms with Crippen molar-refractivity contribution in [2.75, 3.05) is 36.9 Å². The number of methoxy groups -OCH3 is 1. The molecular formula is C26H35N3O7S. The number of nitrogens with one attached hydrogen (secondary N) is 1. The van der Waals surface area contributed by atoms with Gasteiger partial charge in [-0.3, -0.25) is 13.9 Å². The fraction of sp³-hybridized carbons (Fsp3) is 0.462. The molecule has 2 aromatic rings. The van der Waals surface area contributed by atoms with E-state index in [0.717, 1.165) is 9.87 Å². The standard InChI is InChI=1S/C26H35N3O7S/c1-6-37(32,33)29(21-10-11-23-24(15-21)36-13-12-35-23)17-25(30)28(19(4)26(31)27-18(2)3)16-20-8-7-9-22(14-20)34-5/h7-11,14-15,18-19H,6,12-13,16-17H2,1-5H3,(H,27,31)/t19-/m0/s1. The van der Waals surface area contributed by atoms with E-state index >= 15 is 0 Å². The van der Waals surface area contributed by atoms with Crippen molar-refractivity contribution in [2.45, 2.75) is 46.3 Å². The second-order valence-electron chi connectivity index (χ2n) is 8.95. The van der Waals surface area contributed by atoms with Crippen LogP contribution in [-0.2, 0) is 26.2 Å². The first kappa shape index (κ1) is 28.1. The summed E-state index contributed by atoms with van der Waals surface area (Å²) < 4.78 is 43.7. The van der Waals surface area contributed by atoms with Gasteiger partial charge in [-0.1, -0.05) is 12.1 Å². The number of amides is 2. The average Bonchev–Trinajstić information content (AvgIpc) is 2.89. The van der Waals surface area contributed by atoms with Crippen molar-refractivity contribution in [3.8, 4) is 17.2 Å². The second-order valence-corrected chi connectivity index (χ2v) is 11.1. The van der Waals surface area contributed by atoms with Gasteiger partial charge < -0.3 is 24.4 Å². The van der Waals surface area contributed by atoms with Crippen molar-refractivity contribution in [1.29, 1.82) is 0 Å². The number of carbonyl (C=O) groups excluding carboxylic acids is 2. The quantitative estimate of drug-likeness (QED) is 0.472. The molecule has 0 aromatic heterocycles. The Balaban J connectivity index is 1.96. The number of anilines is 1. The molecule has 0 fully saturated rings. The number of carbonyl (C=O) groups is 2. The topological polar surface area (TPSA) is 114 Å². The molecule has 0 spiro atoms. The maximum Gasteiger partial charge on any atom is 0.244 e. The Bertz CT molecular complexity index is 1220. The van der Waals surface area contributed by atoms with Crippen LogP contribution in [0, 0.1) is 0 Å². The summed E-state index contributed by atoms with van der Waals surface area (Å²) in [6, 6.07) is 10.9. The first-order valence-corrected chi connectivity index (χ1v) is 13.8. The molecule has 1 heterocycles. The monoisotopic (exact) mass is 533 g/mol. The van der Waals surface area contributed by atoms with E-state index in [1.807, 2.05) is 19.9 Å². The molecule has 0 aliphatic carbocycles. The van der Waals surface area contributed by atoms with Gasteiger partial charge in [-0.15, -0.1) is 0 Å². The van der Waals surface area contributed by atoms with Crippen LogP contribution in [0.15, 0.2) is 42.5 Å². The molecule has 2 amide bonds. The minimum Gasteiger partial charge on any atom is -0.497 e. The van der Waals surface area contributed by atoms with Gasteiger partial charge >= 0.3 is 0 Å². The van der Waals surface area contributed by atoms with Crippen molar-refractivity contribution >= 4 is 27.5 Å². The molecular weight excluding hydrogens is 498 g/mol. The van der Waals surface area contributed by atoms with Gasteiger partial charge in [0.2, 0.25) is 21.8 Å². The van der Waals surface area contributed by atoms with Crippen molar-refractivity contribution in [3.63, 3.8) is 0 Å². The smallest absolute Gasteiger partial charge is 0.244 e. The Morgan fingerprint density at radius 2 is 1.76 bits per heavy atom. The van der Waals surface area contributed by atoms with Gasteiger partial charge in [0, 0.05) is 18.7 Å². The van der Waals surface area contributed by atoms with Crippen LogP contribution < -0.4 is 23.8 Å². The molecule has 202 valence electrons. The molecule has 1 aliphatic rings. The molecule has 0 radical (unpaired) electrons. The number of hydrogen-bond acceptors (Lipinski definition) is 7. The maximum atomic E-state index is 13.7. The molecule has 3 rings (SSSR count). The Morgan fingerprint density at radius 3 is 2.41 bits per heavy atom. The summed E-state index contributed by atoms with van der Waals surface area (Å²) >= 11 is 0. The Morgan fingerprint density at radius 1 is 1.05 bits per heavy atom. The molecule has 1 atom stereocenters. The fourth-order valence-corrected chi connectivity index (χ4v) is 4.92. The zero-order valence-corrected chi connectivity index (χ0v) is 22.7. The summed E-state index contributed by atoms with van der Waals surface area (Å²) in [6.07, 6.45) is 0. The molecule has 11 heteroatoms. The highest BCUT2D eigenvalue weighted by Gasteiger charge is 2.31. The SMILES string of the molecule is CCS(=O)(=O)N(CC(=O)N(Cc1cccc(OC)c1)[C@@H](C)C(=O)NC(C)C)c1ccc2c(c1)OCCO2. The van der Waals surface area contributed by atoms with Crippen LogP contribution in [0.4, 0.5) is 5.69 Å². The molecule has 2 aromatic carbocycles. The van der Waals surface area contributed by atoms with E-state index in [0.29, 0.717) is 30.5 Å². The van der Waals surface area contributed by atoms with Gasteiger partial charge in [0.25, 0.3) is 0 Å². The zero-order valence-electron chi connectivity index (χ0n) is 21.9. The summed E-state index contributed by atoms with van der Waals surface area (Å²) in [5.74, 6) is 0.444. The summed E-state index contributed by atoms with van der Waals surface area (Å²) in [5, 5.41) is 2.83. The van der Waals surface area contributed by atoms with Gasteiger partial charge in [-0.2, -0.15) is 0 Å². The normalized spacial score (nSPS) is 13.6. The van der Waals surface area contributed by atoms with Crippen molar-refractivity contribution < 1.29 is 32.2 Å². The number of ether oxygens (including phenoxy) is 3. The molecule has 0 saturated carbocycles. The molecule has 10 nitrogen and oxygen atoms in total. The minimum atomic E-state index is -3.85. The second kappa shape index (κ2) is 12.2. The number of rotatable bonds is 11. The average molecular weight is 534 g/mol. The van der Waals surface area contributed by atoms with E-state index in [9.17, 15) is 18.0 Å². The summed E-state index contributed by atoms with van der Waals surface area (Å²) in [7, 11) is -2.30. The lowest BCUT2D eigenvalue weighted by Gasteiger charge is -2.32. The van der Waals surface area contributed by atoms with Crippen LogP contribution in [0.5, 0.6) is 17.2 Å². The Hall–Kier alpha value is -3.47. The lowest BCUT2D eigenvalue weighted by atomic mass is 10.1. The minimum absolute atomic E-state index is 0.0872. The number of fused-ring (bicyclic) bond motifs is 1. The van der Waals surface area contributed by atoms with Gasteiger partial charge in [-0.05, 0) is 57.5 Å². The summed E-state index contributed by atoms with van der Waals surface area (Å²) in [5.41, 5.74) is 1.01. The highest BCUT2D eigenvalue weighted by Crippen LogP contribution is 2.35. The molecule has 1 N–H and O–H groups in total. The summed E-state index contributed by atoms with van der Waals surface area (Å²) in [4.78, 5) is 28.0. The third kappa shape index (κ3) is 7.06. The third-order valence-corrected chi connectivity index (χ3v) is 7.62. The third-order valence-electron chi connectivity index (χ3n) is 5.88. The van der Waals surface area contributed by atoms with Crippen LogP contribution >= 0.6 is 0 Å². The summed E-state index contributed by atoms with van der Waals surface area (Å²) in [6.45, 7) is 7.13. The number of nitrogens with zero attached hydrogens (tertiary/aromatic N) is 2.